The van der Waals surface area contributed by atoms with Crippen molar-refractivity contribution >= 4 is 29.1 Å². The molecule has 0 aliphatic carbocycles. The van der Waals surface area contributed by atoms with E-state index in [4.69, 9.17) is 21.1 Å². The molecular formula is C25H20ClFN2O5. The normalized spacial score (nSPS) is 17.2. The van der Waals surface area contributed by atoms with E-state index in [0.29, 0.717) is 5.56 Å². The molecule has 7 nitrogen and oxygen atoms in total. The Balaban J connectivity index is 1.95. The SMILES string of the molecule is COc1cc(/C(O)=C2\C(=O)C(=O)N(Cc3cccnc3)C2c2ccccc2F)c(OC)cc1Cl. The van der Waals surface area contributed by atoms with Crippen LogP contribution < -0.4 is 9.47 Å². The fraction of sp³-hybridized carbons (Fsp3) is 0.160. The lowest BCUT2D eigenvalue weighted by Crippen LogP contribution is -2.29. The number of aromatic nitrogens is 1. The number of carbonyl (C=O) groups excluding carboxylic acids is 2. The van der Waals surface area contributed by atoms with Gasteiger partial charge in [0.25, 0.3) is 11.7 Å². The Hall–Kier alpha value is -3.91. The fourth-order valence-electron chi connectivity index (χ4n) is 3.94. The molecule has 2 aromatic carbocycles. The molecule has 1 amide bonds. The second-order valence-electron chi connectivity index (χ2n) is 7.50. The molecule has 34 heavy (non-hydrogen) atoms. The monoisotopic (exact) mass is 482 g/mol. The number of aliphatic hydroxyl groups excluding tert-OH is 1. The lowest BCUT2D eigenvalue weighted by atomic mass is 9.94. The number of aliphatic hydroxyl groups is 1. The molecule has 4 rings (SSSR count). The van der Waals surface area contributed by atoms with Gasteiger partial charge in [-0.2, -0.15) is 0 Å². The summed E-state index contributed by atoms with van der Waals surface area (Å²) in [7, 11) is 2.76. The van der Waals surface area contributed by atoms with Crippen LogP contribution >= 0.6 is 11.6 Å². The topological polar surface area (TPSA) is 89.0 Å². The largest absolute Gasteiger partial charge is 0.507 e. The zero-order chi connectivity index (χ0) is 24.4. The Kier molecular flexibility index (Phi) is 6.51. The highest BCUT2D eigenvalue weighted by Crippen LogP contribution is 2.44. The molecule has 0 radical (unpaired) electrons. The van der Waals surface area contributed by atoms with E-state index < -0.39 is 29.3 Å². The lowest BCUT2D eigenvalue weighted by Gasteiger charge is -2.25. The summed E-state index contributed by atoms with van der Waals surface area (Å²) in [6, 6.07) is 10.8. The molecule has 1 aliphatic rings. The summed E-state index contributed by atoms with van der Waals surface area (Å²) in [5, 5.41) is 11.5. The van der Waals surface area contributed by atoms with Crippen molar-refractivity contribution in [2.24, 2.45) is 0 Å². The van der Waals surface area contributed by atoms with Gasteiger partial charge in [-0.15, -0.1) is 0 Å². The maximum Gasteiger partial charge on any atom is 0.295 e. The number of likely N-dealkylation sites (tertiary alicyclic amines) is 1. The van der Waals surface area contributed by atoms with Gasteiger partial charge >= 0.3 is 0 Å². The average Bonchev–Trinajstić information content (AvgIpc) is 3.09. The van der Waals surface area contributed by atoms with Gasteiger partial charge in [-0.3, -0.25) is 14.6 Å². The average molecular weight is 483 g/mol. The van der Waals surface area contributed by atoms with Gasteiger partial charge in [-0.05, 0) is 23.8 Å². The molecule has 0 saturated carbocycles. The minimum Gasteiger partial charge on any atom is -0.507 e. The first-order chi connectivity index (χ1) is 16.4. The second kappa shape index (κ2) is 9.52. The van der Waals surface area contributed by atoms with E-state index in [1.807, 2.05) is 0 Å². The molecule has 0 spiro atoms. The van der Waals surface area contributed by atoms with E-state index in [1.165, 1.54) is 49.5 Å². The number of benzene rings is 2. The smallest absolute Gasteiger partial charge is 0.295 e. The Bertz CT molecular complexity index is 1300. The second-order valence-corrected chi connectivity index (χ2v) is 7.90. The first kappa shape index (κ1) is 23.3. The van der Waals surface area contributed by atoms with Crippen molar-refractivity contribution in [3.8, 4) is 11.5 Å². The maximum absolute atomic E-state index is 14.9. The summed E-state index contributed by atoms with van der Waals surface area (Å²) in [5.41, 5.74) is 0.495. The number of methoxy groups -OCH3 is 2. The highest BCUT2D eigenvalue weighted by molar-refractivity contribution is 6.46. The molecular weight excluding hydrogens is 463 g/mol. The first-order valence-corrected chi connectivity index (χ1v) is 10.6. The third-order valence-electron chi connectivity index (χ3n) is 5.54. The Morgan fingerprint density at radius 1 is 1.12 bits per heavy atom. The van der Waals surface area contributed by atoms with Crippen LogP contribution in [0, 0.1) is 5.82 Å². The summed E-state index contributed by atoms with van der Waals surface area (Å²) in [6.45, 7) is -0.0186. The molecule has 1 atom stereocenters. The van der Waals surface area contributed by atoms with Crippen LogP contribution in [0.3, 0.4) is 0 Å². The number of halogens is 2. The predicted octanol–water partition coefficient (Wildman–Crippen LogP) is 4.51. The van der Waals surface area contributed by atoms with Gasteiger partial charge in [-0.25, -0.2) is 4.39 Å². The highest BCUT2D eigenvalue weighted by atomic mass is 35.5. The van der Waals surface area contributed by atoms with Gasteiger partial charge in [0.1, 0.15) is 23.1 Å². The minimum atomic E-state index is -1.19. The van der Waals surface area contributed by atoms with Crippen molar-refractivity contribution in [1.82, 2.24) is 9.88 Å². The number of ketones is 1. The highest BCUT2D eigenvalue weighted by Gasteiger charge is 2.47. The van der Waals surface area contributed by atoms with Crippen LogP contribution in [-0.2, 0) is 16.1 Å². The molecule has 1 aliphatic heterocycles. The van der Waals surface area contributed by atoms with Crippen molar-refractivity contribution in [1.29, 1.82) is 0 Å². The third kappa shape index (κ3) is 4.08. The van der Waals surface area contributed by atoms with Crippen LogP contribution in [0.2, 0.25) is 5.02 Å². The van der Waals surface area contributed by atoms with E-state index in [-0.39, 0.29) is 39.8 Å². The van der Waals surface area contributed by atoms with Crippen LogP contribution in [0.15, 0.2) is 66.5 Å². The summed E-state index contributed by atoms with van der Waals surface area (Å²) in [6.07, 6.45) is 3.12. The number of pyridine rings is 1. The van der Waals surface area contributed by atoms with Gasteiger partial charge in [-0.1, -0.05) is 35.9 Å². The molecule has 1 unspecified atom stereocenters. The zero-order valence-corrected chi connectivity index (χ0v) is 19.0. The number of hydrogen-bond donors (Lipinski definition) is 1. The van der Waals surface area contributed by atoms with Crippen molar-refractivity contribution in [3.05, 3.63) is 94.0 Å². The summed E-state index contributed by atoms with van der Waals surface area (Å²) >= 11 is 6.17. The number of carbonyl (C=O) groups is 2. The molecule has 9 heteroatoms. The lowest BCUT2D eigenvalue weighted by molar-refractivity contribution is -0.140. The fourth-order valence-corrected chi connectivity index (χ4v) is 4.17. The van der Waals surface area contributed by atoms with Crippen molar-refractivity contribution < 1.29 is 28.6 Å². The number of ether oxygens (including phenoxy) is 2. The van der Waals surface area contributed by atoms with Gasteiger partial charge < -0.3 is 19.5 Å². The van der Waals surface area contributed by atoms with Gasteiger partial charge in [0.2, 0.25) is 0 Å². The summed E-state index contributed by atoms with van der Waals surface area (Å²) in [5.74, 6) is -2.63. The van der Waals surface area contributed by atoms with Crippen LogP contribution in [0.5, 0.6) is 11.5 Å². The van der Waals surface area contributed by atoms with E-state index in [2.05, 4.69) is 4.98 Å². The molecule has 2 heterocycles. The molecule has 0 bridgehead atoms. The summed E-state index contributed by atoms with van der Waals surface area (Å²) in [4.78, 5) is 31.5. The van der Waals surface area contributed by atoms with Gasteiger partial charge in [0.05, 0.1) is 36.4 Å². The van der Waals surface area contributed by atoms with E-state index >= 15 is 0 Å². The van der Waals surface area contributed by atoms with E-state index in [1.54, 1.807) is 30.6 Å². The molecule has 3 aromatic rings. The summed E-state index contributed by atoms with van der Waals surface area (Å²) < 4.78 is 25.5. The predicted molar refractivity (Wildman–Crippen MR) is 123 cm³/mol. The van der Waals surface area contributed by atoms with Crippen LogP contribution in [0.4, 0.5) is 4.39 Å². The van der Waals surface area contributed by atoms with Gasteiger partial charge in [0, 0.05) is 30.6 Å². The molecule has 1 aromatic heterocycles. The van der Waals surface area contributed by atoms with Crippen LogP contribution in [0.1, 0.15) is 22.7 Å². The van der Waals surface area contributed by atoms with Crippen molar-refractivity contribution in [3.63, 3.8) is 0 Å². The van der Waals surface area contributed by atoms with Crippen molar-refractivity contribution in [2.75, 3.05) is 14.2 Å². The Morgan fingerprint density at radius 2 is 1.85 bits per heavy atom. The van der Waals surface area contributed by atoms with E-state index in [9.17, 15) is 19.1 Å². The number of rotatable bonds is 6. The van der Waals surface area contributed by atoms with Crippen LogP contribution in [-0.4, -0.2) is 40.9 Å². The van der Waals surface area contributed by atoms with Crippen LogP contribution in [0.25, 0.3) is 5.76 Å². The molecule has 1 saturated heterocycles. The molecule has 174 valence electrons. The molecule has 1 N–H and O–H groups in total. The maximum atomic E-state index is 14.9. The zero-order valence-electron chi connectivity index (χ0n) is 18.3. The molecule has 1 fully saturated rings. The number of nitrogens with zero attached hydrogens (tertiary/aromatic N) is 2. The number of hydrogen-bond acceptors (Lipinski definition) is 6. The number of amides is 1. The van der Waals surface area contributed by atoms with Crippen molar-refractivity contribution in [2.45, 2.75) is 12.6 Å². The van der Waals surface area contributed by atoms with E-state index in [0.717, 1.165) is 0 Å². The standard InChI is InChI=1S/C25H20ClFN2O5/c1-33-19-11-17(26)20(34-2)10-16(19)23(30)21-22(15-7-3-4-8-18(15)27)29(25(32)24(21)31)13-14-6-5-9-28-12-14/h3-12,22,30H,13H2,1-2H3/b23-21+. The Labute approximate surface area is 200 Å². The third-order valence-corrected chi connectivity index (χ3v) is 5.84. The minimum absolute atomic E-state index is 0.0186. The number of Topliss-reactive ketones (excluding diaryl/α,β-unsaturated/α-hetero) is 1. The van der Waals surface area contributed by atoms with Gasteiger partial charge in [0.15, 0.2) is 0 Å². The Morgan fingerprint density at radius 3 is 2.50 bits per heavy atom. The first-order valence-electron chi connectivity index (χ1n) is 10.2. The quantitative estimate of drug-likeness (QED) is 0.316.